The van der Waals surface area contributed by atoms with E-state index in [0.717, 1.165) is 66.8 Å². The first-order chi connectivity index (χ1) is 26.4. The molecule has 1 aliphatic heterocycles. The quantitative estimate of drug-likeness (QED) is 0.0854. The lowest BCUT2D eigenvalue weighted by atomic mass is 9.98. The second kappa shape index (κ2) is 17.7. The lowest BCUT2D eigenvalue weighted by molar-refractivity contribution is -0.137. The minimum Gasteiger partial charge on any atom is -0.494 e. The molecule has 288 valence electrons. The highest BCUT2D eigenvalue weighted by Crippen LogP contribution is 2.36. The van der Waals surface area contributed by atoms with Gasteiger partial charge in [-0.25, -0.2) is 13.1 Å². The Hall–Kier alpha value is -4.98. The first-order valence-electron chi connectivity index (χ1n) is 18.0. The first-order valence-corrected chi connectivity index (χ1v) is 20.5. The van der Waals surface area contributed by atoms with E-state index in [0.29, 0.717) is 18.4 Å². The maximum Gasteiger partial charge on any atom is 0.418 e. The number of thioether (sulfide) groups is 1. The molecule has 0 aromatic heterocycles. The van der Waals surface area contributed by atoms with Gasteiger partial charge in [-0.2, -0.15) is 13.2 Å². The van der Waals surface area contributed by atoms with E-state index >= 15 is 0 Å². The van der Waals surface area contributed by atoms with Gasteiger partial charge >= 0.3 is 6.18 Å². The third-order valence-corrected chi connectivity index (χ3v) is 11.6. The zero-order valence-electron chi connectivity index (χ0n) is 30.6. The van der Waals surface area contributed by atoms with Crippen LogP contribution in [0.15, 0.2) is 125 Å². The molecule has 0 unspecified atom stereocenters. The first kappa shape index (κ1) is 39.7. The summed E-state index contributed by atoms with van der Waals surface area (Å²) in [7, 11) is -4.61. The molecule has 13 heteroatoms. The number of benzene rings is 5. The molecule has 0 aliphatic carbocycles. The summed E-state index contributed by atoms with van der Waals surface area (Å²) in [6.45, 7) is 8.94. The van der Waals surface area contributed by atoms with Gasteiger partial charge in [0.25, 0.3) is 15.9 Å². The third kappa shape index (κ3) is 10.4. The zero-order chi connectivity index (χ0) is 39.0. The highest BCUT2D eigenvalue weighted by molar-refractivity contribution is 7.99. The zero-order valence-corrected chi connectivity index (χ0v) is 32.2. The van der Waals surface area contributed by atoms with Crippen molar-refractivity contribution in [1.29, 1.82) is 0 Å². The molecule has 0 bridgehead atoms. The van der Waals surface area contributed by atoms with Crippen LogP contribution in [-0.2, 0) is 22.7 Å². The minimum atomic E-state index is -4.83. The summed E-state index contributed by atoms with van der Waals surface area (Å²) in [5, 5.41) is 2.76. The number of rotatable bonds is 14. The molecule has 0 saturated carbocycles. The Bertz CT molecular complexity index is 2190. The van der Waals surface area contributed by atoms with Crippen molar-refractivity contribution in [2.75, 3.05) is 55.3 Å². The number of carbonyl (C=O) groups excluding carboxylic acids is 1. The van der Waals surface area contributed by atoms with E-state index in [9.17, 15) is 26.4 Å². The second-order valence-corrected chi connectivity index (χ2v) is 16.0. The number of ether oxygens (including phenoxy) is 1. The van der Waals surface area contributed by atoms with Gasteiger partial charge in [0.1, 0.15) is 5.75 Å². The average Bonchev–Trinajstić information content (AvgIpc) is 3.17. The molecule has 2 N–H and O–H groups in total. The Morgan fingerprint density at radius 2 is 1.60 bits per heavy atom. The van der Waals surface area contributed by atoms with Gasteiger partial charge in [-0.05, 0) is 103 Å². The number of anilines is 2. The molecular formula is C42H43F3N4O4S2. The van der Waals surface area contributed by atoms with Gasteiger partial charge in [0.15, 0.2) is 0 Å². The predicted molar refractivity (Wildman–Crippen MR) is 213 cm³/mol. The highest BCUT2D eigenvalue weighted by Gasteiger charge is 2.35. The summed E-state index contributed by atoms with van der Waals surface area (Å²) < 4.78 is 75.8. The third-order valence-electron chi connectivity index (χ3n) is 9.28. The Kier molecular flexibility index (Phi) is 12.7. The number of nitrogens with zero attached hydrogens (tertiary/aromatic N) is 2. The number of amides is 1. The van der Waals surface area contributed by atoms with Gasteiger partial charge in [0.05, 0.1) is 17.1 Å². The van der Waals surface area contributed by atoms with Crippen LogP contribution in [0.3, 0.4) is 0 Å². The van der Waals surface area contributed by atoms with Gasteiger partial charge in [-0.3, -0.25) is 9.69 Å². The normalized spacial score (nSPS) is 13.7. The van der Waals surface area contributed by atoms with Crippen LogP contribution in [0.25, 0.3) is 11.1 Å². The van der Waals surface area contributed by atoms with Gasteiger partial charge in [0, 0.05) is 66.9 Å². The number of piperazine rings is 1. The molecule has 1 heterocycles. The number of hydrogen-bond donors (Lipinski definition) is 2. The fraction of sp³-hybridized carbons (Fsp3) is 0.262. The molecule has 5 aromatic carbocycles. The van der Waals surface area contributed by atoms with Crippen molar-refractivity contribution in [1.82, 2.24) is 9.62 Å². The average molecular weight is 789 g/mol. The summed E-state index contributed by atoms with van der Waals surface area (Å²) in [6, 6.07) is 33.3. The van der Waals surface area contributed by atoms with Gasteiger partial charge in [-0.1, -0.05) is 48.5 Å². The second-order valence-electron chi connectivity index (χ2n) is 13.1. The van der Waals surface area contributed by atoms with Crippen molar-refractivity contribution in [3.63, 3.8) is 0 Å². The minimum absolute atomic E-state index is 0.0691. The SMILES string of the molecule is CCOc1cccc(-c2ccc(CN3CCN(c4ccc(C(=O)NS(=O)(=O)c5ccc(NCCSc6ccccc6)c(C(F)(F)F)c5)cc4)CC3)cc2C)c1. The van der Waals surface area contributed by atoms with Crippen LogP contribution in [0.2, 0.25) is 0 Å². The lowest BCUT2D eigenvalue weighted by Crippen LogP contribution is -2.46. The maximum absolute atomic E-state index is 14.0. The molecule has 1 aliphatic rings. The Morgan fingerprint density at radius 1 is 0.855 bits per heavy atom. The Morgan fingerprint density at radius 3 is 2.29 bits per heavy atom. The van der Waals surface area contributed by atoms with Gasteiger partial charge in [-0.15, -0.1) is 11.8 Å². The molecule has 1 fully saturated rings. The van der Waals surface area contributed by atoms with E-state index in [2.05, 4.69) is 52.4 Å². The summed E-state index contributed by atoms with van der Waals surface area (Å²) in [5.41, 5.74) is 4.30. The van der Waals surface area contributed by atoms with E-state index < -0.39 is 32.6 Å². The molecular weight excluding hydrogens is 746 g/mol. The Labute approximate surface area is 324 Å². The standard InChI is InChI=1S/C42H43F3N4O4S2/c1-3-53-35-9-7-8-33(27-35)38-18-12-31(26-30(38)2)29-48-21-23-49(24-22-48)34-15-13-32(14-16-34)41(50)47-55(51,52)37-17-19-40(39(28-37)42(43,44)45)46-20-25-54-36-10-5-4-6-11-36/h4-19,26-28,46H,3,20-25,29H2,1-2H3,(H,47,50). The number of aryl methyl sites for hydroxylation is 1. The van der Waals surface area contributed by atoms with Crippen molar-refractivity contribution < 1.29 is 31.1 Å². The number of nitrogens with one attached hydrogen (secondary N) is 2. The monoisotopic (exact) mass is 788 g/mol. The topological polar surface area (TPSA) is 91.0 Å². The van der Waals surface area contributed by atoms with Gasteiger partial charge < -0.3 is 15.0 Å². The Balaban J connectivity index is 1.01. The van der Waals surface area contributed by atoms with E-state index in [-0.39, 0.29) is 17.8 Å². The van der Waals surface area contributed by atoms with Crippen LogP contribution in [0.4, 0.5) is 24.5 Å². The smallest absolute Gasteiger partial charge is 0.418 e. The molecule has 8 nitrogen and oxygen atoms in total. The molecule has 1 amide bonds. The molecule has 55 heavy (non-hydrogen) atoms. The van der Waals surface area contributed by atoms with E-state index in [1.54, 1.807) is 12.1 Å². The van der Waals surface area contributed by atoms with Crippen LogP contribution < -0.4 is 19.7 Å². The fourth-order valence-electron chi connectivity index (χ4n) is 6.50. The van der Waals surface area contributed by atoms with Crippen molar-refractivity contribution in [2.24, 2.45) is 0 Å². The number of alkyl halides is 3. The van der Waals surface area contributed by atoms with Crippen molar-refractivity contribution in [2.45, 2.75) is 36.4 Å². The number of sulfonamides is 1. The molecule has 6 rings (SSSR count). The maximum atomic E-state index is 14.0. The fourth-order valence-corrected chi connectivity index (χ4v) is 8.29. The summed E-state index contributed by atoms with van der Waals surface area (Å²) in [6.07, 6.45) is -4.83. The molecule has 0 spiro atoms. The van der Waals surface area contributed by atoms with Crippen LogP contribution in [0.5, 0.6) is 5.75 Å². The molecule has 1 saturated heterocycles. The van der Waals surface area contributed by atoms with Gasteiger partial charge in [0.2, 0.25) is 0 Å². The molecule has 0 atom stereocenters. The van der Waals surface area contributed by atoms with Crippen LogP contribution in [0.1, 0.15) is 34.0 Å². The number of carbonyl (C=O) groups is 1. The lowest BCUT2D eigenvalue weighted by Gasteiger charge is -2.36. The van der Waals surface area contributed by atoms with E-state index in [1.807, 2.05) is 54.1 Å². The van der Waals surface area contributed by atoms with Crippen molar-refractivity contribution in [3.05, 3.63) is 138 Å². The summed E-state index contributed by atoms with van der Waals surface area (Å²) in [5.74, 6) is 0.413. The summed E-state index contributed by atoms with van der Waals surface area (Å²) in [4.78, 5) is 17.9. The molecule has 0 radical (unpaired) electrons. The van der Waals surface area contributed by atoms with Crippen molar-refractivity contribution in [3.8, 4) is 16.9 Å². The van der Waals surface area contributed by atoms with E-state index in [1.165, 1.54) is 40.6 Å². The number of halogens is 3. The molecule has 5 aromatic rings. The predicted octanol–water partition coefficient (Wildman–Crippen LogP) is 8.72. The summed E-state index contributed by atoms with van der Waals surface area (Å²) >= 11 is 1.48. The van der Waals surface area contributed by atoms with Crippen LogP contribution in [0, 0.1) is 6.92 Å². The number of hydrogen-bond acceptors (Lipinski definition) is 8. The van der Waals surface area contributed by atoms with E-state index in [4.69, 9.17) is 4.74 Å². The highest BCUT2D eigenvalue weighted by atomic mass is 32.2. The van der Waals surface area contributed by atoms with Crippen LogP contribution >= 0.6 is 11.8 Å². The van der Waals surface area contributed by atoms with Crippen LogP contribution in [-0.4, -0.2) is 64.3 Å². The largest absolute Gasteiger partial charge is 0.494 e. The van der Waals surface area contributed by atoms with Crippen molar-refractivity contribution >= 4 is 39.1 Å².